The van der Waals surface area contributed by atoms with Gasteiger partial charge in [-0.3, -0.25) is 0 Å². The molecule has 0 spiro atoms. The van der Waals surface area contributed by atoms with Gasteiger partial charge in [0.2, 0.25) is 0 Å². The number of aliphatic hydroxyl groups excluding tert-OH is 1. The van der Waals surface area contributed by atoms with Gasteiger partial charge >= 0.3 is 0 Å². The fourth-order valence-corrected chi connectivity index (χ4v) is 1.74. The van der Waals surface area contributed by atoms with Crippen LogP contribution in [0.2, 0.25) is 0 Å². The first-order valence-corrected chi connectivity index (χ1v) is 3.89. The molecule has 0 aliphatic carbocycles. The van der Waals surface area contributed by atoms with Gasteiger partial charge in [-0.2, -0.15) is 0 Å². The molecule has 1 N–H and O–H groups in total. The van der Waals surface area contributed by atoms with Gasteiger partial charge in [0.1, 0.15) is 13.5 Å². The molecule has 0 radical (unpaired) electrons. The van der Waals surface area contributed by atoms with Gasteiger partial charge in [0.25, 0.3) is 0 Å². The highest BCUT2D eigenvalue weighted by Crippen LogP contribution is 2.30. The van der Waals surface area contributed by atoms with E-state index < -0.39 is 0 Å². The van der Waals surface area contributed by atoms with Crippen LogP contribution < -0.4 is 0 Å². The van der Waals surface area contributed by atoms with Crippen molar-refractivity contribution in [3.05, 3.63) is 0 Å². The van der Waals surface area contributed by atoms with Crippen molar-refractivity contribution in [2.24, 2.45) is 0 Å². The fourth-order valence-electron chi connectivity index (χ4n) is 1.74. The molecule has 2 saturated heterocycles. The Hall–Kier alpha value is -0.160. The summed E-state index contributed by atoms with van der Waals surface area (Å²) in [5.41, 5.74) is -0.00521. The summed E-state index contributed by atoms with van der Waals surface area (Å²) in [6, 6.07) is 0. The predicted molar refractivity (Wildman–Crippen MR) is 37.9 cm³/mol. The van der Waals surface area contributed by atoms with E-state index in [0.29, 0.717) is 26.7 Å². The van der Waals surface area contributed by atoms with Gasteiger partial charge in [0.05, 0.1) is 18.8 Å². The van der Waals surface area contributed by atoms with Gasteiger partial charge in [-0.25, -0.2) is 4.90 Å². The van der Waals surface area contributed by atoms with Crippen LogP contribution in [-0.4, -0.2) is 48.8 Å². The lowest BCUT2D eigenvalue weighted by atomic mass is 9.98. The highest BCUT2D eigenvalue weighted by Gasteiger charge is 2.45. The van der Waals surface area contributed by atoms with Crippen LogP contribution in [0, 0.1) is 0 Å². The SMILES string of the molecule is OCCC12COCN1COC2. The van der Waals surface area contributed by atoms with Crippen LogP contribution >= 0.6 is 0 Å². The zero-order valence-corrected chi connectivity index (χ0v) is 6.45. The molecule has 2 aliphatic heterocycles. The number of hydrogen-bond acceptors (Lipinski definition) is 4. The maximum Gasteiger partial charge on any atom is 0.101 e. The topological polar surface area (TPSA) is 41.9 Å². The summed E-state index contributed by atoms with van der Waals surface area (Å²) in [5, 5.41) is 8.83. The van der Waals surface area contributed by atoms with Crippen LogP contribution in [0.25, 0.3) is 0 Å². The Morgan fingerprint density at radius 3 is 2.45 bits per heavy atom. The minimum atomic E-state index is -0.00521. The number of hydrogen-bond donors (Lipinski definition) is 1. The molecule has 4 nitrogen and oxygen atoms in total. The lowest BCUT2D eigenvalue weighted by Crippen LogP contribution is -2.43. The fraction of sp³-hybridized carbons (Fsp3) is 1.00. The quantitative estimate of drug-likeness (QED) is 0.583. The van der Waals surface area contributed by atoms with Gasteiger partial charge in [-0.05, 0) is 6.42 Å². The lowest BCUT2D eigenvalue weighted by Gasteiger charge is -2.25. The molecular weight excluding hydrogens is 146 g/mol. The summed E-state index contributed by atoms with van der Waals surface area (Å²) in [4.78, 5) is 2.14. The first kappa shape index (κ1) is 7.49. The summed E-state index contributed by atoms with van der Waals surface area (Å²) in [7, 11) is 0. The van der Waals surface area contributed by atoms with E-state index in [1.807, 2.05) is 0 Å². The van der Waals surface area contributed by atoms with Crippen molar-refractivity contribution in [1.29, 1.82) is 0 Å². The summed E-state index contributed by atoms with van der Waals surface area (Å²) in [6.45, 7) is 2.92. The molecule has 0 aromatic carbocycles. The lowest BCUT2D eigenvalue weighted by molar-refractivity contribution is 0.0695. The van der Waals surface area contributed by atoms with Crippen LogP contribution in [-0.2, 0) is 9.47 Å². The van der Waals surface area contributed by atoms with E-state index >= 15 is 0 Å². The Morgan fingerprint density at radius 1 is 1.27 bits per heavy atom. The Bertz CT molecular complexity index is 141. The number of aliphatic hydroxyl groups is 1. The molecule has 0 atom stereocenters. The van der Waals surface area contributed by atoms with Crippen molar-refractivity contribution < 1.29 is 14.6 Å². The molecule has 2 aliphatic rings. The predicted octanol–water partition coefficient (Wildman–Crippen LogP) is -0.615. The zero-order valence-electron chi connectivity index (χ0n) is 6.45. The largest absolute Gasteiger partial charge is 0.396 e. The van der Waals surface area contributed by atoms with E-state index in [9.17, 15) is 0 Å². The van der Waals surface area contributed by atoms with Crippen molar-refractivity contribution in [2.75, 3.05) is 33.3 Å². The Kier molecular flexibility index (Phi) is 1.85. The second kappa shape index (κ2) is 2.71. The van der Waals surface area contributed by atoms with Crippen molar-refractivity contribution in [3.8, 4) is 0 Å². The first-order chi connectivity index (χ1) is 5.37. The van der Waals surface area contributed by atoms with Crippen LogP contribution in [0.5, 0.6) is 0 Å². The third-order valence-electron chi connectivity index (χ3n) is 2.48. The van der Waals surface area contributed by atoms with Crippen molar-refractivity contribution in [2.45, 2.75) is 12.0 Å². The average molecular weight is 159 g/mol. The molecule has 0 saturated carbocycles. The van der Waals surface area contributed by atoms with Crippen molar-refractivity contribution in [1.82, 2.24) is 4.90 Å². The molecule has 0 aromatic heterocycles. The van der Waals surface area contributed by atoms with E-state index in [-0.39, 0.29) is 12.1 Å². The second-order valence-corrected chi connectivity index (χ2v) is 3.19. The molecule has 0 bridgehead atoms. The standard InChI is InChI=1S/C7H13NO3/c9-2-1-7-3-10-5-8(7)6-11-4-7/h9H,1-6H2. The zero-order chi connectivity index (χ0) is 7.73. The smallest absolute Gasteiger partial charge is 0.101 e. The van der Waals surface area contributed by atoms with E-state index in [1.54, 1.807) is 0 Å². The van der Waals surface area contributed by atoms with Crippen LogP contribution in [0.3, 0.4) is 0 Å². The molecule has 11 heavy (non-hydrogen) atoms. The van der Waals surface area contributed by atoms with E-state index in [2.05, 4.69) is 4.90 Å². The van der Waals surface area contributed by atoms with E-state index in [0.717, 1.165) is 6.42 Å². The molecule has 0 aromatic rings. The Balaban J connectivity index is 2.07. The van der Waals surface area contributed by atoms with Gasteiger partial charge in [-0.1, -0.05) is 0 Å². The highest BCUT2D eigenvalue weighted by atomic mass is 16.6. The summed E-state index contributed by atoms with van der Waals surface area (Å²) in [5.74, 6) is 0. The molecular formula is C7H13NO3. The number of rotatable bonds is 2. The third kappa shape index (κ3) is 1.06. The van der Waals surface area contributed by atoms with Crippen molar-refractivity contribution >= 4 is 0 Å². The maximum absolute atomic E-state index is 8.83. The monoisotopic (exact) mass is 159 g/mol. The molecule has 2 heterocycles. The molecule has 0 amide bonds. The molecule has 0 unspecified atom stereocenters. The summed E-state index contributed by atoms with van der Waals surface area (Å²) >= 11 is 0. The third-order valence-corrected chi connectivity index (χ3v) is 2.48. The van der Waals surface area contributed by atoms with Crippen LogP contribution in [0.15, 0.2) is 0 Å². The Morgan fingerprint density at radius 2 is 1.91 bits per heavy atom. The van der Waals surface area contributed by atoms with Gasteiger partial charge in [-0.15, -0.1) is 0 Å². The molecule has 64 valence electrons. The maximum atomic E-state index is 8.83. The second-order valence-electron chi connectivity index (χ2n) is 3.19. The summed E-state index contributed by atoms with van der Waals surface area (Å²) < 4.78 is 10.6. The van der Waals surface area contributed by atoms with Gasteiger partial charge < -0.3 is 14.6 Å². The Labute approximate surface area is 65.7 Å². The van der Waals surface area contributed by atoms with Crippen LogP contribution in [0.4, 0.5) is 0 Å². The molecule has 4 heteroatoms. The minimum absolute atomic E-state index is 0.00521. The van der Waals surface area contributed by atoms with Crippen LogP contribution in [0.1, 0.15) is 6.42 Å². The minimum Gasteiger partial charge on any atom is -0.396 e. The van der Waals surface area contributed by atoms with E-state index in [4.69, 9.17) is 14.6 Å². The number of fused-ring (bicyclic) bond motifs is 1. The highest BCUT2D eigenvalue weighted by molar-refractivity contribution is 4.95. The number of nitrogens with zero attached hydrogens (tertiary/aromatic N) is 1. The molecule has 2 fully saturated rings. The summed E-state index contributed by atoms with van der Waals surface area (Å²) in [6.07, 6.45) is 0.757. The number of ether oxygens (including phenoxy) is 2. The van der Waals surface area contributed by atoms with Crippen molar-refractivity contribution in [3.63, 3.8) is 0 Å². The normalized spacial score (nSPS) is 29.2. The average Bonchev–Trinajstić information content (AvgIpc) is 2.45. The van der Waals surface area contributed by atoms with Gasteiger partial charge in [0.15, 0.2) is 0 Å². The van der Waals surface area contributed by atoms with E-state index in [1.165, 1.54) is 0 Å². The van der Waals surface area contributed by atoms with Gasteiger partial charge in [0, 0.05) is 6.61 Å². The first-order valence-electron chi connectivity index (χ1n) is 3.89. The molecule has 2 rings (SSSR count).